The van der Waals surface area contributed by atoms with E-state index in [1.54, 1.807) is 18.3 Å². The third-order valence-electron chi connectivity index (χ3n) is 5.35. The van der Waals surface area contributed by atoms with Gasteiger partial charge >= 0.3 is 6.18 Å². The van der Waals surface area contributed by atoms with Crippen molar-refractivity contribution < 1.29 is 26.4 Å². The summed E-state index contributed by atoms with van der Waals surface area (Å²) in [6.45, 7) is -0.642. The number of ketones is 1. The number of alkyl halides is 3. The topological polar surface area (TPSA) is 67.3 Å². The second kappa shape index (κ2) is 9.77. The number of sulfonamides is 1. The molecule has 0 spiro atoms. The van der Waals surface area contributed by atoms with Crippen LogP contribution in [0.1, 0.15) is 16.7 Å². The third-order valence-corrected chi connectivity index (χ3v) is 7.41. The van der Waals surface area contributed by atoms with E-state index < -0.39 is 27.5 Å². The van der Waals surface area contributed by atoms with E-state index in [1.165, 1.54) is 54.7 Å². The summed E-state index contributed by atoms with van der Waals surface area (Å²) in [4.78, 5) is 17.2. The highest BCUT2D eigenvalue weighted by molar-refractivity contribution is 7.89. The fraction of sp³-hybridized carbons (Fsp3) is 0.120. The molecule has 1 saturated heterocycles. The summed E-state index contributed by atoms with van der Waals surface area (Å²) in [6.07, 6.45) is 0.986. The Labute approximate surface area is 205 Å². The normalized spacial score (nSPS) is 17.8. The van der Waals surface area contributed by atoms with Crippen molar-refractivity contribution in [3.8, 4) is 0 Å². The second-order valence-corrected chi connectivity index (χ2v) is 10.1. The molecular formula is C25H18ClF3N2O3S. The summed E-state index contributed by atoms with van der Waals surface area (Å²) in [5.41, 5.74) is -0.569. The molecule has 0 N–H and O–H groups in total. The summed E-state index contributed by atoms with van der Waals surface area (Å²) in [5.74, 6) is -0.534. The molecule has 0 atom stereocenters. The van der Waals surface area contributed by atoms with Crippen LogP contribution in [0.15, 0.2) is 89.1 Å². The molecule has 1 aliphatic heterocycles. The molecule has 4 rings (SSSR count). The number of hydrogen-bond donors (Lipinski definition) is 0. The number of rotatable bonds is 4. The summed E-state index contributed by atoms with van der Waals surface area (Å²) < 4.78 is 68.4. The SMILES string of the molecule is O=C1/C(=C/c2cccnc2)CN(S(=O)(=O)c2ccc(Cl)cc2)C/C1=C\c1ccccc1C(F)(F)F. The number of carbonyl (C=O) groups is 1. The van der Waals surface area contributed by atoms with Crippen LogP contribution < -0.4 is 0 Å². The first-order valence-electron chi connectivity index (χ1n) is 10.3. The van der Waals surface area contributed by atoms with Gasteiger partial charge in [-0.3, -0.25) is 9.78 Å². The van der Waals surface area contributed by atoms with Crippen LogP contribution >= 0.6 is 11.6 Å². The average molecular weight is 519 g/mol. The van der Waals surface area contributed by atoms with E-state index >= 15 is 0 Å². The molecule has 10 heteroatoms. The molecule has 0 radical (unpaired) electrons. The smallest absolute Gasteiger partial charge is 0.289 e. The van der Waals surface area contributed by atoms with Gasteiger partial charge in [0.1, 0.15) is 0 Å². The molecule has 0 amide bonds. The lowest BCUT2D eigenvalue weighted by molar-refractivity contribution is -0.137. The summed E-state index contributed by atoms with van der Waals surface area (Å²) >= 11 is 5.88. The number of aromatic nitrogens is 1. The van der Waals surface area contributed by atoms with E-state index in [2.05, 4.69) is 4.98 Å². The van der Waals surface area contributed by atoms with Crippen molar-refractivity contribution >= 4 is 39.6 Å². The second-order valence-electron chi connectivity index (χ2n) is 7.77. The molecule has 2 aromatic carbocycles. The number of benzene rings is 2. The molecule has 0 aliphatic carbocycles. The number of hydrogen-bond acceptors (Lipinski definition) is 4. The molecular weight excluding hydrogens is 501 g/mol. The van der Waals surface area contributed by atoms with Crippen molar-refractivity contribution in [1.82, 2.24) is 9.29 Å². The first-order valence-corrected chi connectivity index (χ1v) is 12.2. The minimum Gasteiger partial charge on any atom is -0.289 e. The minimum absolute atomic E-state index is 0.0491. The number of pyridine rings is 1. The maximum atomic E-state index is 13.5. The first-order chi connectivity index (χ1) is 16.6. The summed E-state index contributed by atoms with van der Waals surface area (Å²) in [7, 11) is -4.09. The third kappa shape index (κ3) is 5.53. The van der Waals surface area contributed by atoms with Gasteiger partial charge in [-0.15, -0.1) is 0 Å². The monoisotopic (exact) mass is 518 g/mol. The highest BCUT2D eigenvalue weighted by Crippen LogP contribution is 2.34. The van der Waals surface area contributed by atoms with Crippen molar-refractivity contribution in [3.05, 3.63) is 106 Å². The van der Waals surface area contributed by atoms with Gasteiger partial charge in [0.05, 0.1) is 10.5 Å². The maximum Gasteiger partial charge on any atom is 0.416 e. The van der Waals surface area contributed by atoms with Crippen LogP contribution in [-0.4, -0.2) is 36.6 Å². The molecule has 0 saturated carbocycles. The van der Waals surface area contributed by atoms with Gasteiger partial charge in [0.25, 0.3) is 0 Å². The van der Waals surface area contributed by atoms with Crippen molar-refractivity contribution in [1.29, 1.82) is 0 Å². The predicted molar refractivity (Wildman–Crippen MR) is 127 cm³/mol. The zero-order valence-electron chi connectivity index (χ0n) is 18.0. The fourth-order valence-electron chi connectivity index (χ4n) is 3.66. The van der Waals surface area contributed by atoms with Crippen LogP contribution in [0.3, 0.4) is 0 Å². The Balaban J connectivity index is 1.82. The molecule has 180 valence electrons. The number of nitrogens with zero attached hydrogens (tertiary/aromatic N) is 2. The highest BCUT2D eigenvalue weighted by Gasteiger charge is 2.36. The zero-order chi connectivity index (χ0) is 25.2. The molecule has 35 heavy (non-hydrogen) atoms. The lowest BCUT2D eigenvalue weighted by Gasteiger charge is -2.29. The molecule has 1 aliphatic rings. The molecule has 3 aromatic rings. The molecule has 1 fully saturated rings. The zero-order valence-corrected chi connectivity index (χ0v) is 19.6. The molecule has 5 nitrogen and oxygen atoms in total. The van der Waals surface area contributed by atoms with Gasteiger partial charge in [0, 0.05) is 41.7 Å². The van der Waals surface area contributed by atoms with Crippen molar-refractivity contribution in [2.75, 3.05) is 13.1 Å². The first kappa shape index (κ1) is 24.8. The Kier molecular flexibility index (Phi) is 6.93. The van der Waals surface area contributed by atoms with Gasteiger partial charge in [-0.2, -0.15) is 17.5 Å². The fourth-order valence-corrected chi connectivity index (χ4v) is 5.19. The molecule has 1 aromatic heterocycles. The van der Waals surface area contributed by atoms with Crippen LogP contribution in [0.5, 0.6) is 0 Å². The minimum atomic E-state index is -4.64. The summed E-state index contributed by atoms with van der Waals surface area (Å²) in [6, 6.07) is 13.7. The van der Waals surface area contributed by atoms with Gasteiger partial charge in [-0.25, -0.2) is 8.42 Å². The summed E-state index contributed by atoms with van der Waals surface area (Å²) in [5, 5.41) is 0.347. The van der Waals surface area contributed by atoms with Crippen molar-refractivity contribution in [2.45, 2.75) is 11.1 Å². The lowest BCUT2D eigenvalue weighted by Crippen LogP contribution is -2.41. The van der Waals surface area contributed by atoms with Crippen LogP contribution in [0, 0.1) is 0 Å². The maximum absolute atomic E-state index is 13.5. The Morgan fingerprint density at radius 3 is 2.20 bits per heavy atom. The average Bonchev–Trinajstić information content (AvgIpc) is 2.82. The molecule has 0 unspecified atom stereocenters. The van der Waals surface area contributed by atoms with Crippen LogP contribution in [0.4, 0.5) is 13.2 Å². The van der Waals surface area contributed by atoms with Crippen LogP contribution in [0.2, 0.25) is 5.02 Å². The van der Waals surface area contributed by atoms with E-state index in [9.17, 15) is 26.4 Å². The molecule has 0 bridgehead atoms. The van der Waals surface area contributed by atoms with Crippen molar-refractivity contribution in [2.24, 2.45) is 0 Å². The van der Waals surface area contributed by atoms with E-state index in [0.29, 0.717) is 10.6 Å². The Morgan fingerprint density at radius 1 is 0.914 bits per heavy atom. The van der Waals surface area contributed by atoms with Gasteiger partial charge in [0.2, 0.25) is 10.0 Å². The number of carbonyl (C=O) groups excluding carboxylic acids is 1. The largest absolute Gasteiger partial charge is 0.416 e. The lowest BCUT2D eigenvalue weighted by atomic mass is 9.94. The van der Waals surface area contributed by atoms with Crippen molar-refractivity contribution in [3.63, 3.8) is 0 Å². The standard InChI is InChI=1S/C25H18ClF3N2O3S/c26-21-7-9-22(10-8-21)35(33,34)31-15-19(12-17-4-3-11-30-14-17)24(32)20(16-31)13-18-5-1-2-6-23(18)25(27,28)29/h1-14H,15-16H2/b19-12+,20-13+. The number of piperidine rings is 1. The Morgan fingerprint density at radius 2 is 1.57 bits per heavy atom. The van der Waals surface area contributed by atoms with E-state index in [-0.39, 0.29) is 34.7 Å². The number of Topliss-reactive ketones (excluding diaryl/α,β-unsaturated/α-hetero) is 1. The van der Waals surface area contributed by atoms with E-state index in [4.69, 9.17) is 11.6 Å². The quantitative estimate of drug-likeness (QED) is 0.428. The van der Waals surface area contributed by atoms with E-state index in [1.807, 2.05) is 0 Å². The molecule has 2 heterocycles. The number of halogens is 4. The highest BCUT2D eigenvalue weighted by atomic mass is 35.5. The van der Waals surface area contributed by atoms with Gasteiger partial charge in [0.15, 0.2) is 5.78 Å². The predicted octanol–water partition coefficient (Wildman–Crippen LogP) is 5.49. The van der Waals surface area contributed by atoms with Gasteiger partial charge in [-0.1, -0.05) is 35.9 Å². The van der Waals surface area contributed by atoms with Crippen LogP contribution in [0.25, 0.3) is 12.2 Å². The van der Waals surface area contributed by atoms with E-state index in [0.717, 1.165) is 16.4 Å². The van der Waals surface area contributed by atoms with Crippen LogP contribution in [-0.2, 0) is 21.0 Å². The van der Waals surface area contributed by atoms with Gasteiger partial charge < -0.3 is 0 Å². The Bertz CT molecular complexity index is 1420. The Hall–Kier alpha value is -3.27. The van der Waals surface area contributed by atoms with Gasteiger partial charge in [-0.05, 0) is 59.7 Å².